The highest BCUT2D eigenvalue weighted by Crippen LogP contribution is 2.19. The number of hydrazine groups is 1. The number of anilines is 1. The standard InChI is InChI=1S/C11H15ClN4O2/c1-18-8-2-3-16(6-8)11(17)7-4-9(12)14-10(5-7)15-13/h4-5,8H,2-3,6,13H2,1H3,(H,14,15). The molecule has 0 spiro atoms. The minimum Gasteiger partial charge on any atom is -0.380 e. The van der Waals surface area contributed by atoms with Crippen LogP contribution >= 0.6 is 11.6 Å². The number of methoxy groups -OCH3 is 1. The third-order valence-electron chi connectivity index (χ3n) is 2.95. The molecule has 2 heterocycles. The Hall–Kier alpha value is -1.37. The molecule has 1 fully saturated rings. The van der Waals surface area contributed by atoms with Crippen LogP contribution in [0.5, 0.6) is 0 Å². The van der Waals surface area contributed by atoms with Crippen molar-refractivity contribution in [1.82, 2.24) is 9.88 Å². The molecule has 3 N–H and O–H groups in total. The normalized spacial score (nSPS) is 19.1. The fourth-order valence-electron chi connectivity index (χ4n) is 1.98. The Morgan fingerprint density at radius 1 is 1.67 bits per heavy atom. The smallest absolute Gasteiger partial charge is 0.254 e. The third-order valence-corrected chi connectivity index (χ3v) is 3.15. The van der Waals surface area contributed by atoms with Gasteiger partial charge in [-0.15, -0.1) is 0 Å². The van der Waals surface area contributed by atoms with Gasteiger partial charge >= 0.3 is 0 Å². The summed E-state index contributed by atoms with van der Waals surface area (Å²) in [5.41, 5.74) is 2.85. The van der Waals surface area contributed by atoms with Crippen molar-refractivity contribution in [1.29, 1.82) is 0 Å². The number of pyridine rings is 1. The van der Waals surface area contributed by atoms with E-state index in [0.29, 0.717) is 24.5 Å². The Bertz CT molecular complexity index is 455. The van der Waals surface area contributed by atoms with Gasteiger partial charge in [-0.2, -0.15) is 0 Å². The van der Waals surface area contributed by atoms with Crippen LogP contribution in [-0.4, -0.2) is 42.1 Å². The molecule has 0 bridgehead atoms. The number of rotatable bonds is 3. The second kappa shape index (κ2) is 5.51. The summed E-state index contributed by atoms with van der Waals surface area (Å²) in [5, 5.41) is 0.233. The predicted molar refractivity (Wildman–Crippen MR) is 68.4 cm³/mol. The van der Waals surface area contributed by atoms with Gasteiger partial charge in [0.1, 0.15) is 11.0 Å². The van der Waals surface area contributed by atoms with E-state index in [0.717, 1.165) is 6.42 Å². The fourth-order valence-corrected chi connectivity index (χ4v) is 2.19. The van der Waals surface area contributed by atoms with Crippen molar-refractivity contribution in [3.05, 3.63) is 22.8 Å². The zero-order chi connectivity index (χ0) is 13.1. The Labute approximate surface area is 110 Å². The summed E-state index contributed by atoms with van der Waals surface area (Å²) in [6.07, 6.45) is 0.960. The van der Waals surface area contributed by atoms with Gasteiger partial charge in [0.15, 0.2) is 0 Å². The topological polar surface area (TPSA) is 80.5 Å². The van der Waals surface area contributed by atoms with Crippen LogP contribution in [0.15, 0.2) is 12.1 Å². The van der Waals surface area contributed by atoms with Crippen molar-refractivity contribution in [2.75, 3.05) is 25.6 Å². The number of carbonyl (C=O) groups is 1. The summed E-state index contributed by atoms with van der Waals surface area (Å²) in [6.45, 7) is 1.28. The number of ether oxygens (including phenoxy) is 1. The van der Waals surface area contributed by atoms with Gasteiger partial charge < -0.3 is 15.1 Å². The number of nitrogens with zero attached hydrogens (tertiary/aromatic N) is 2. The molecule has 0 aliphatic carbocycles. The first kappa shape index (κ1) is 13.1. The van der Waals surface area contributed by atoms with Crippen molar-refractivity contribution in [3.63, 3.8) is 0 Å². The number of nitrogen functional groups attached to an aromatic ring is 1. The molecule has 0 aromatic carbocycles. The second-order valence-corrected chi connectivity index (χ2v) is 4.49. The molecule has 1 aliphatic heterocycles. The monoisotopic (exact) mass is 270 g/mol. The van der Waals surface area contributed by atoms with E-state index in [1.165, 1.54) is 6.07 Å². The van der Waals surface area contributed by atoms with E-state index in [9.17, 15) is 4.79 Å². The number of likely N-dealkylation sites (tertiary alicyclic amines) is 1. The van der Waals surface area contributed by atoms with E-state index in [4.69, 9.17) is 22.2 Å². The van der Waals surface area contributed by atoms with Crippen LogP contribution in [-0.2, 0) is 4.74 Å². The molecular weight excluding hydrogens is 256 g/mol. The van der Waals surface area contributed by atoms with Gasteiger partial charge in [0.2, 0.25) is 0 Å². The van der Waals surface area contributed by atoms with Crippen LogP contribution in [0.1, 0.15) is 16.8 Å². The second-order valence-electron chi connectivity index (χ2n) is 4.11. The van der Waals surface area contributed by atoms with Gasteiger partial charge in [0.25, 0.3) is 5.91 Å². The number of hydrogen-bond donors (Lipinski definition) is 2. The van der Waals surface area contributed by atoms with Gasteiger partial charge in [-0.25, -0.2) is 10.8 Å². The number of nitrogens with two attached hydrogens (primary N) is 1. The lowest BCUT2D eigenvalue weighted by molar-refractivity contribution is 0.0724. The highest BCUT2D eigenvalue weighted by Gasteiger charge is 2.27. The predicted octanol–water partition coefficient (Wildman–Crippen LogP) is 0.881. The summed E-state index contributed by atoms with van der Waals surface area (Å²) in [4.78, 5) is 17.9. The summed E-state index contributed by atoms with van der Waals surface area (Å²) in [5.74, 6) is 5.55. The Morgan fingerprint density at radius 2 is 2.44 bits per heavy atom. The lowest BCUT2D eigenvalue weighted by Crippen LogP contribution is -2.30. The lowest BCUT2D eigenvalue weighted by atomic mass is 10.2. The molecule has 2 rings (SSSR count). The van der Waals surface area contributed by atoms with Crippen LogP contribution in [0.3, 0.4) is 0 Å². The molecule has 1 aromatic heterocycles. The summed E-state index contributed by atoms with van der Waals surface area (Å²) in [7, 11) is 1.65. The molecular formula is C11H15ClN4O2. The Morgan fingerprint density at radius 3 is 3.06 bits per heavy atom. The van der Waals surface area contributed by atoms with Crippen LogP contribution < -0.4 is 11.3 Å². The van der Waals surface area contributed by atoms with E-state index in [-0.39, 0.29) is 17.2 Å². The quantitative estimate of drug-likeness (QED) is 0.484. The van der Waals surface area contributed by atoms with E-state index in [1.807, 2.05) is 0 Å². The van der Waals surface area contributed by atoms with E-state index in [1.54, 1.807) is 18.1 Å². The minimum atomic E-state index is -0.0876. The third kappa shape index (κ3) is 2.72. The molecule has 1 atom stereocenters. The minimum absolute atomic E-state index is 0.0876. The SMILES string of the molecule is COC1CCN(C(=O)c2cc(Cl)nc(NN)c2)C1. The highest BCUT2D eigenvalue weighted by molar-refractivity contribution is 6.29. The summed E-state index contributed by atoms with van der Waals surface area (Å²) < 4.78 is 5.23. The molecule has 1 saturated heterocycles. The maximum atomic E-state index is 12.2. The molecule has 1 aromatic rings. The van der Waals surface area contributed by atoms with Gasteiger partial charge in [0.05, 0.1) is 6.10 Å². The number of carbonyl (C=O) groups excluding carboxylic acids is 1. The summed E-state index contributed by atoms with van der Waals surface area (Å²) in [6, 6.07) is 3.11. The maximum absolute atomic E-state index is 12.2. The number of hydrogen-bond acceptors (Lipinski definition) is 5. The average Bonchev–Trinajstić information content (AvgIpc) is 2.85. The summed E-state index contributed by atoms with van der Waals surface area (Å²) >= 11 is 5.83. The first-order chi connectivity index (χ1) is 8.63. The molecule has 6 nitrogen and oxygen atoms in total. The van der Waals surface area contributed by atoms with E-state index in [2.05, 4.69) is 10.4 Å². The zero-order valence-electron chi connectivity index (χ0n) is 10.0. The number of aromatic nitrogens is 1. The van der Waals surface area contributed by atoms with Crippen molar-refractivity contribution in [2.45, 2.75) is 12.5 Å². The maximum Gasteiger partial charge on any atom is 0.254 e. The van der Waals surface area contributed by atoms with Crippen LogP contribution in [0.2, 0.25) is 5.15 Å². The van der Waals surface area contributed by atoms with Gasteiger partial charge in [-0.3, -0.25) is 4.79 Å². The van der Waals surface area contributed by atoms with Gasteiger partial charge in [-0.05, 0) is 18.6 Å². The van der Waals surface area contributed by atoms with Crippen LogP contribution in [0, 0.1) is 0 Å². The van der Waals surface area contributed by atoms with E-state index >= 15 is 0 Å². The van der Waals surface area contributed by atoms with Crippen molar-refractivity contribution < 1.29 is 9.53 Å². The van der Waals surface area contributed by atoms with Crippen LogP contribution in [0.25, 0.3) is 0 Å². The number of halogens is 1. The van der Waals surface area contributed by atoms with Crippen LogP contribution in [0.4, 0.5) is 5.82 Å². The van der Waals surface area contributed by atoms with Crippen molar-refractivity contribution in [2.24, 2.45) is 5.84 Å². The molecule has 1 unspecified atom stereocenters. The van der Waals surface area contributed by atoms with E-state index < -0.39 is 0 Å². The van der Waals surface area contributed by atoms with Gasteiger partial charge in [-0.1, -0.05) is 11.6 Å². The molecule has 0 radical (unpaired) electrons. The first-order valence-corrected chi connectivity index (χ1v) is 5.98. The molecule has 1 amide bonds. The molecule has 7 heteroatoms. The zero-order valence-corrected chi connectivity index (χ0v) is 10.8. The number of nitrogens with one attached hydrogen (secondary N) is 1. The molecule has 0 saturated carbocycles. The fraction of sp³-hybridized carbons (Fsp3) is 0.455. The van der Waals surface area contributed by atoms with Gasteiger partial charge in [0, 0.05) is 25.8 Å². The molecule has 98 valence electrons. The van der Waals surface area contributed by atoms with Crippen molar-refractivity contribution in [3.8, 4) is 0 Å². The average molecular weight is 271 g/mol. The first-order valence-electron chi connectivity index (χ1n) is 5.60. The Balaban J connectivity index is 2.16. The number of amides is 1. The lowest BCUT2D eigenvalue weighted by Gasteiger charge is -2.16. The van der Waals surface area contributed by atoms with Crippen molar-refractivity contribution >= 4 is 23.3 Å². The molecule has 18 heavy (non-hydrogen) atoms. The highest BCUT2D eigenvalue weighted by atomic mass is 35.5. The molecule has 1 aliphatic rings. The largest absolute Gasteiger partial charge is 0.380 e. The Kier molecular flexibility index (Phi) is 4.00.